The quantitative estimate of drug-likeness (QED) is 0.696. The number of benzene rings is 1. The van der Waals surface area contributed by atoms with Crippen LogP contribution in [0.3, 0.4) is 0 Å². The Morgan fingerprint density at radius 3 is 3.15 bits per heavy atom. The van der Waals surface area contributed by atoms with Crippen LogP contribution in [0.2, 0.25) is 0 Å². The second-order valence-corrected chi connectivity index (χ2v) is 3.47. The first-order valence-electron chi connectivity index (χ1n) is 3.96. The van der Waals surface area contributed by atoms with E-state index in [0.29, 0.717) is 0 Å². The highest BCUT2D eigenvalue weighted by Crippen LogP contribution is 2.15. The van der Waals surface area contributed by atoms with E-state index in [1.165, 1.54) is 0 Å². The molecule has 0 aliphatic carbocycles. The van der Waals surface area contributed by atoms with Gasteiger partial charge in [0, 0.05) is 5.75 Å². The summed E-state index contributed by atoms with van der Waals surface area (Å²) in [6, 6.07) is 7.90. The van der Waals surface area contributed by atoms with Gasteiger partial charge in [0.25, 0.3) is 0 Å². The first kappa shape index (κ1) is 8.31. The molecule has 1 heterocycles. The third-order valence-corrected chi connectivity index (χ3v) is 2.54. The van der Waals surface area contributed by atoms with Crippen molar-refractivity contribution in [1.82, 2.24) is 14.4 Å². The fourth-order valence-electron chi connectivity index (χ4n) is 1.07. The Hall–Kier alpha value is -1.29. The summed E-state index contributed by atoms with van der Waals surface area (Å²) in [4.78, 5) is 0. The van der Waals surface area contributed by atoms with Crippen LogP contribution in [0.15, 0.2) is 36.9 Å². The Morgan fingerprint density at radius 2 is 2.31 bits per heavy atom. The van der Waals surface area contributed by atoms with Crippen molar-refractivity contribution in [2.45, 2.75) is 0 Å². The first-order valence-corrected chi connectivity index (χ1v) is 4.90. The average molecular weight is 191 g/mol. The minimum Gasteiger partial charge on any atom is -0.186 e. The van der Waals surface area contributed by atoms with Gasteiger partial charge in [-0.1, -0.05) is 23.4 Å². The van der Waals surface area contributed by atoms with Gasteiger partial charge in [0.2, 0.25) is 0 Å². The molecule has 2 aromatic rings. The van der Waals surface area contributed by atoms with Crippen molar-refractivity contribution in [3.05, 3.63) is 36.9 Å². The lowest BCUT2D eigenvalue weighted by molar-refractivity contribution is 0.911. The summed E-state index contributed by atoms with van der Waals surface area (Å²) in [7, 11) is 0. The number of hydrogen-bond acceptors (Lipinski definition) is 3. The highest BCUT2D eigenvalue weighted by molar-refractivity contribution is 7.98. The Bertz CT molecular complexity index is 421. The van der Waals surface area contributed by atoms with Crippen molar-refractivity contribution < 1.29 is 0 Å². The summed E-state index contributed by atoms with van der Waals surface area (Å²) in [6.45, 7) is 3.66. The lowest BCUT2D eigenvalue weighted by Crippen LogP contribution is -1.89. The minimum absolute atomic E-state index is 0.841. The predicted octanol–water partition coefficient (Wildman–Crippen LogP) is 2.11. The van der Waals surface area contributed by atoms with Gasteiger partial charge in [0.15, 0.2) is 0 Å². The summed E-state index contributed by atoms with van der Waals surface area (Å²) in [5, 5.41) is 8.04. The molecule has 0 amide bonds. The van der Waals surface area contributed by atoms with Crippen LogP contribution < -0.4 is 0 Å². The molecule has 0 N–H and O–H groups in total. The van der Waals surface area contributed by atoms with Gasteiger partial charge < -0.3 is 0 Å². The molecule has 1 aromatic heterocycles. The van der Waals surface area contributed by atoms with Gasteiger partial charge in [-0.05, 0) is 24.1 Å². The normalized spacial score (nSPS) is 10.5. The zero-order chi connectivity index (χ0) is 9.10. The fourth-order valence-corrected chi connectivity index (χ4v) is 1.69. The van der Waals surface area contributed by atoms with Crippen LogP contribution in [0, 0.1) is 0 Å². The van der Waals surface area contributed by atoms with E-state index in [9.17, 15) is 0 Å². The molecule has 0 aliphatic heterocycles. The zero-order valence-electron chi connectivity index (χ0n) is 7.05. The molecule has 0 radical (unpaired) electrons. The second-order valence-electron chi connectivity index (χ2n) is 2.54. The molecule has 0 unspecified atom stereocenters. The van der Waals surface area contributed by atoms with Gasteiger partial charge in [-0.25, -0.2) is 0 Å². The van der Waals surface area contributed by atoms with Crippen LogP contribution >= 0.6 is 11.9 Å². The number of aromatic nitrogens is 3. The molecule has 2 rings (SSSR count). The van der Waals surface area contributed by atoms with Crippen molar-refractivity contribution >= 4 is 23.0 Å². The van der Waals surface area contributed by atoms with Crippen molar-refractivity contribution in [1.29, 1.82) is 0 Å². The molecule has 0 aliphatic rings. The van der Waals surface area contributed by atoms with Crippen molar-refractivity contribution in [3.8, 4) is 0 Å². The summed E-state index contributed by atoms with van der Waals surface area (Å²) < 4.78 is 1.82. The summed E-state index contributed by atoms with van der Waals surface area (Å²) in [6.07, 6.45) is 1.85. The van der Waals surface area contributed by atoms with Gasteiger partial charge in [-0.15, -0.1) is 11.7 Å². The van der Waals surface area contributed by atoms with Crippen molar-refractivity contribution in [2.24, 2.45) is 0 Å². The van der Waals surface area contributed by atoms with Gasteiger partial charge in [-0.2, -0.15) is 4.09 Å². The molecule has 0 spiro atoms. The standard InChI is InChI=1S/C9H9N3S/c1-2-7-13-12-9-6-4-3-5-8(9)10-11-12/h2-6H,1,7H2. The maximum atomic E-state index is 4.03. The van der Waals surface area contributed by atoms with Crippen LogP contribution in [0.4, 0.5) is 0 Å². The number of para-hydroxylation sites is 1. The molecule has 0 fully saturated rings. The fraction of sp³-hybridized carbons (Fsp3) is 0.111. The number of nitrogens with zero attached hydrogens (tertiary/aromatic N) is 3. The number of hydrogen-bond donors (Lipinski definition) is 0. The van der Waals surface area contributed by atoms with E-state index in [2.05, 4.69) is 16.9 Å². The van der Waals surface area contributed by atoms with E-state index in [4.69, 9.17) is 0 Å². The Morgan fingerprint density at radius 1 is 1.46 bits per heavy atom. The first-order chi connectivity index (χ1) is 6.42. The van der Waals surface area contributed by atoms with Crippen molar-refractivity contribution in [2.75, 3.05) is 5.75 Å². The SMILES string of the molecule is C=CCSn1nnc2ccccc21. The van der Waals surface area contributed by atoms with Crippen LogP contribution in [0.5, 0.6) is 0 Å². The Balaban J connectivity index is 2.40. The molecule has 0 atom stereocenters. The largest absolute Gasteiger partial charge is 0.186 e. The Kier molecular flexibility index (Phi) is 2.31. The molecule has 1 aromatic carbocycles. The van der Waals surface area contributed by atoms with Crippen LogP contribution in [-0.2, 0) is 0 Å². The molecule has 66 valence electrons. The lowest BCUT2D eigenvalue weighted by atomic mass is 10.3. The number of fused-ring (bicyclic) bond motifs is 1. The van der Waals surface area contributed by atoms with Gasteiger partial charge in [0.05, 0.1) is 0 Å². The van der Waals surface area contributed by atoms with E-state index < -0.39 is 0 Å². The molecule has 13 heavy (non-hydrogen) atoms. The summed E-state index contributed by atoms with van der Waals surface area (Å²) in [5.74, 6) is 0.841. The zero-order valence-corrected chi connectivity index (χ0v) is 7.87. The average Bonchev–Trinajstić information content (AvgIpc) is 2.58. The summed E-state index contributed by atoms with van der Waals surface area (Å²) >= 11 is 1.58. The van der Waals surface area contributed by atoms with Gasteiger partial charge in [-0.3, -0.25) is 0 Å². The molecule has 0 saturated carbocycles. The van der Waals surface area contributed by atoms with E-state index >= 15 is 0 Å². The predicted molar refractivity (Wildman–Crippen MR) is 55.6 cm³/mol. The monoisotopic (exact) mass is 191 g/mol. The van der Waals surface area contributed by atoms with Gasteiger partial charge in [0.1, 0.15) is 11.0 Å². The molecular weight excluding hydrogens is 182 g/mol. The van der Waals surface area contributed by atoms with Crippen LogP contribution in [-0.4, -0.2) is 20.2 Å². The highest BCUT2D eigenvalue weighted by atomic mass is 32.2. The van der Waals surface area contributed by atoms with Gasteiger partial charge >= 0.3 is 0 Å². The maximum Gasteiger partial charge on any atom is 0.114 e. The van der Waals surface area contributed by atoms with E-state index in [1.807, 2.05) is 34.4 Å². The molecule has 0 bridgehead atoms. The lowest BCUT2D eigenvalue weighted by Gasteiger charge is -1.95. The third kappa shape index (κ3) is 1.58. The number of rotatable bonds is 3. The third-order valence-electron chi connectivity index (χ3n) is 1.64. The molecule has 3 nitrogen and oxygen atoms in total. The minimum atomic E-state index is 0.841. The summed E-state index contributed by atoms with van der Waals surface area (Å²) in [5.41, 5.74) is 1.98. The Labute approximate surface area is 80.6 Å². The second kappa shape index (κ2) is 3.62. The smallest absolute Gasteiger partial charge is 0.114 e. The van der Waals surface area contributed by atoms with E-state index in [1.54, 1.807) is 11.9 Å². The highest BCUT2D eigenvalue weighted by Gasteiger charge is 2.01. The van der Waals surface area contributed by atoms with Crippen molar-refractivity contribution in [3.63, 3.8) is 0 Å². The molecule has 0 saturated heterocycles. The van der Waals surface area contributed by atoms with Crippen LogP contribution in [0.25, 0.3) is 11.0 Å². The van der Waals surface area contributed by atoms with E-state index in [-0.39, 0.29) is 0 Å². The van der Waals surface area contributed by atoms with E-state index in [0.717, 1.165) is 16.8 Å². The maximum absolute atomic E-state index is 4.03. The van der Waals surface area contributed by atoms with Crippen LogP contribution in [0.1, 0.15) is 0 Å². The topological polar surface area (TPSA) is 30.7 Å². The molecular formula is C9H9N3S. The molecule has 4 heteroatoms.